The number of nitrogens with one attached hydrogen (secondary N) is 1. The van der Waals surface area contributed by atoms with E-state index in [9.17, 15) is 14.4 Å². The molecule has 0 saturated carbocycles. The number of carbonyl (C=O) groups is 3. The molecule has 1 heterocycles. The third kappa shape index (κ3) is 3.87. The molecule has 8 heteroatoms. The molecular weight excluding hydrogens is 292 g/mol. The Morgan fingerprint density at radius 2 is 1.86 bits per heavy atom. The minimum atomic E-state index is -1.21. The van der Waals surface area contributed by atoms with Gasteiger partial charge >= 0.3 is 18.2 Å². The summed E-state index contributed by atoms with van der Waals surface area (Å²) in [6.45, 7) is -0.180. The largest absolute Gasteiger partial charge is 0.481 e. The van der Waals surface area contributed by atoms with Crippen molar-refractivity contribution in [3.8, 4) is 0 Å². The summed E-state index contributed by atoms with van der Waals surface area (Å²) in [6, 6.07) is 8.21. The number of carbonyl (C=O) groups excluding carboxylic acids is 1. The van der Waals surface area contributed by atoms with Gasteiger partial charge < -0.3 is 25.2 Å². The number of carboxylic acids is 1. The summed E-state index contributed by atoms with van der Waals surface area (Å²) in [7, 11) is 0. The van der Waals surface area contributed by atoms with Gasteiger partial charge in [-0.3, -0.25) is 4.79 Å². The van der Waals surface area contributed by atoms with Crippen LogP contribution in [-0.2, 0) is 16.1 Å². The average Bonchev–Trinajstić information content (AvgIpc) is 2.90. The molecule has 118 valence electrons. The smallest absolute Gasteiger partial charge is 0.407 e. The van der Waals surface area contributed by atoms with E-state index < -0.39 is 30.1 Å². The van der Waals surface area contributed by atoms with Gasteiger partial charge in [0.15, 0.2) is 0 Å². The van der Waals surface area contributed by atoms with Crippen molar-refractivity contribution < 1.29 is 29.3 Å². The van der Waals surface area contributed by atoms with Gasteiger partial charge in [0.05, 0.1) is 12.0 Å². The third-order valence-electron chi connectivity index (χ3n) is 3.42. The van der Waals surface area contributed by atoms with E-state index in [0.717, 1.165) is 10.5 Å². The highest BCUT2D eigenvalue weighted by Crippen LogP contribution is 2.17. The Morgan fingerprint density at radius 1 is 1.18 bits per heavy atom. The van der Waals surface area contributed by atoms with E-state index in [0.29, 0.717) is 0 Å². The lowest BCUT2D eigenvalue weighted by atomic mass is 10.0. The molecule has 2 amide bonds. The Kier molecular flexibility index (Phi) is 4.82. The predicted molar refractivity (Wildman–Crippen MR) is 74.3 cm³/mol. The van der Waals surface area contributed by atoms with Crippen LogP contribution in [0, 0.1) is 5.92 Å². The topological polar surface area (TPSA) is 116 Å². The van der Waals surface area contributed by atoms with Crippen molar-refractivity contribution in [3.05, 3.63) is 35.9 Å². The number of alkyl carbamates (subject to hydrolysis) is 1. The van der Waals surface area contributed by atoms with Gasteiger partial charge in [-0.15, -0.1) is 0 Å². The normalized spacial score (nSPS) is 20.5. The van der Waals surface area contributed by atoms with Crippen molar-refractivity contribution in [1.82, 2.24) is 10.2 Å². The molecule has 2 atom stereocenters. The summed E-state index contributed by atoms with van der Waals surface area (Å²) >= 11 is 0. The number of rotatable bonds is 4. The molecule has 0 unspecified atom stereocenters. The number of likely N-dealkylation sites (tertiary alicyclic amines) is 1. The quantitative estimate of drug-likeness (QED) is 0.763. The maximum Gasteiger partial charge on any atom is 0.407 e. The fraction of sp³-hybridized carbons (Fsp3) is 0.357. The zero-order chi connectivity index (χ0) is 16.1. The van der Waals surface area contributed by atoms with Crippen molar-refractivity contribution in [3.63, 3.8) is 0 Å². The molecule has 0 spiro atoms. The van der Waals surface area contributed by atoms with E-state index in [2.05, 4.69) is 5.32 Å². The number of carboxylic acid groups (broad SMARTS) is 2. The highest BCUT2D eigenvalue weighted by atomic mass is 16.5. The van der Waals surface area contributed by atoms with Crippen LogP contribution in [0.25, 0.3) is 0 Å². The SMILES string of the molecule is O=C(N[C@@H]1CN(C(=O)O)C[C@@H]1C(=O)O)OCc1ccccc1. The van der Waals surface area contributed by atoms with Crippen LogP contribution in [0.4, 0.5) is 9.59 Å². The van der Waals surface area contributed by atoms with Crippen molar-refractivity contribution in [2.45, 2.75) is 12.6 Å². The second-order valence-corrected chi connectivity index (χ2v) is 4.94. The molecule has 1 aromatic carbocycles. The van der Waals surface area contributed by atoms with Gasteiger partial charge in [-0.2, -0.15) is 0 Å². The lowest BCUT2D eigenvalue weighted by Crippen LogP contribution is -2.43. The zero-order valence-corrected chi connectivity index (χ0v) is 11.6. The van der Waals surface area contributed by atoms with Crippen molar-refractivity contribution >= 4 is 18.2 Å². The molecule has 0 radical (unpaired) electrons. The van der Waals surface area contributed by atoms with Gasteiger partial charge in [0.1, 0.15) is 6.61 Å². The van der Waals surface area contributed by atoms with Crippen LogP contribution in [0.2, 0.25) is 0 Å². The van der Waals surface area contributed by atoms with Crippen LogP contribution < -0.4 is 5.32 Å². The number of nitrogens with zero attached hydrogens (tertiary/aromatic N) is 1. The molecule has 22 heavy (non-hydrogen) atoms. The van der Waals surface area contributed by atoms with Gasteiger partial charge in [0.2, 0.25) is 0 Å². The summed E-state index contributed by atoms with van der Waals surface area (Å²) in [4.78, 5) is 34.7. The predicted octanol–water partition coefficient (Wildman–Crippen LogP) is 0.976. The Labute approximate surface area is 126 Å². The first-order chi connectivity index (χ1) is 10.5. The lowest BCUT2D eigenvalue weighted by Gasteiger charge is -2.16. The minimum absolute atomic E-state index is 0.0553. The highest BCUT2D eigenvalue weighted by Gasteiger charge is 2.40. The number of hydrogen-bond donors (Lipinski definition) is 3. The maximum atomic E-state index is 11.7. The summed E-state index contributed by atoms with van der Waals surface area (Å²) in [6.07, 6.45) is -1.99. The Balaban J connectivity index is 1.89. The lowest BCUT2D eigenvalue weighted by molar-refractivity contribution is -0.141. The van der Waals surface area contributed by atoms with Crippen LogP contribution in [0.15, 0.2) is 30.3 Å². The zero-order valence-electron chi connectivity index (χ0n) is 11.6. The average molecular weight is 308 g/mol. The molecule has 0 aliphatic carbocycles. The number of ether oxygens (including phenoxy) is 1. The van der Waals surface area contributed by atoms with Gasteiger partial charge in [-0.25, -0.2) is 9.59 Å². The van der Waals surface area contributed by atoms with E-state index in [-0.39, 0.29) is 19.7 Å². The molecule has 1 aliphatic rings. The summed E-state index contributed by atoms with van der Waals surface area (Å²) in [5.41, 5.74) is 0.797. The molecule has 2 rings (SSSR count). The first kappa shape index (κ1) is 15.6. The van der Waals surface area contributed by atoms with Gasteiger partial charge in [0.25, 0.3) is 0 Å². The fourth-order valence-electron chi connectivity index (χ4n) is 2.27. The van der Waals surface area contributed by atoms with E-state index in [1.165, 1.54) is 0 Å². The van der Waals surface area contributed by atoms with E-state index in [1.807, 2.05) is 6.07 Å². The number of hydrogen-bond acceptors (Lipinski definition) is 4. The first-order valence-corrected chi connectivity index (χ1v) is 6.65. The standard InChI is InChI=1S/C14H16N2O6/c17-12(18)10-6-16(14(20)21)7-11(10)15-13(19)22-8-9-4-2-1-3-5-9/h1-5,10-11H,6-8H2,(H,15,19)(H,17,18)(H,20,21)/t10-,11+/m0/s1. The molecule has 3 N–H and O–H groups in total. The van der Waals surface area contributed by atoms with Gasteiger partial charge in [-0.1, -0.05) is 30.3 Å². The van der Waals surface area contributed by atoms with Crippen LogP contribution in [0.3, 0.4) is 0 Å². The summed E-state index contributed by atoms with van der Waals surface area (Å²) in [5.74, 6) is -2.14. The fourth-order valence-corrected chi connectivity index (χ4v) is 2.27. The summed E-state index contributed by atoms with van der Waals surface area (Å²) < 4.78 is 5.00. The molecule has 8 nitrogen and oxygen atoms in total. The number of benzene rings is 1. The van der Waals surface area contributed by atoms with E-state index >= 15 is 0 Å². The minimum Gasteiger partial charge on any atom is -0.481 e. The molecule has 1 aliphatic heterocycles. The van der Waals surface area contributed by atoms with E-state index in [1.54, 1.807) is 24.3 Å². The van der Waals surface area contributed by atoms with Crippen LogP contribution in [0.5, 0.6) is 0 Å². The monoisotopic (exact) mass is 308 g/mol. The van der Waals surface area contributed by atoms with Crippen molar-refractivity contribution in [1.29, 1.82) is 0 Å². The first-order valence-electron chi connectivity index (χ1n) is 6.65. The second kappa shape index (κ2) is 6.79. The van der Waals surface area contributed by atoms with Gasteiger partial charge in [0, 0.05) is 13.1 Å². The summed E-state index contributed by atoms with van der Waals surface area (Å²) in [5, 5.41) is 20.4. The highest BCUT2D eigenvalue weighted by molar-refractivity contribution is 5.76. The van der Waals surface area contributed by atoms with Crippen molar-refractivity contribution in [2.24, 2.45) is 5.92 Å². The second-order valence-electron chi connectivity index (χ2n) is 4.94. The van der Waals surface area contributed by atoms with Crippen LogP contribution >= 0.6 is 0 Å². The molecule has 1 aromatic rings. The molecule has 1 fully saturated rings. The van der Waals surface area contributed by atoms with Crippen LogP contribution in [0.1, 0.15) is 5.56 Å². The Hall–Kier alpha value is -2.77. The molecule has 1 saturated heterocycles. The van der Waals surface area contributed by atoms with E-state index in [4.69, 9.17) is 14.9 Å². The Morgan fingerprint density at radius 3 is 2.45 bits per heavy atom. The molecule has 0 bridgehead atoms. The van der Waals surface area contributed by atoms with Crippen molar-refractivity contribution in [2.75, 3.05) is 13.1 Å². The molecule has 0 aromatic heterocycles. The molecular formula is C14H16N2O6. The maximum absolute atomic E-state index is 11.7. The Bertz CT molecular complexity index is 562. The number of aliphatic carboxylic acids is 1. The van der Waals surface area contributed by atoms with Crippen LogP contribution in [-0.4, -0.2) is 52.4 Å². The third-order valence-corrected chi connectivity index (χ3v) is 3.42. The number of amides is 2. The van der Waals surface area contributed by atoms with Gasteiger partial charge in [-0.05, 0) is 5.56 Å².